The standard InChI is InChI=1S/C18H28OS/c1-2-3-4-5-6-7-8-12-17(19)16-14-20-18-13-10-9-11-15(16)18/h9-11,13,16-17,19H,2-8,12,14H2,1H3. The molecule has 2 atom stereocenters. The molecule has 1 aliphatic heterocycles. The van der Waals surface area contributed by atoms with Crippen molar-refractivity contribution in [3.8, 4) is 0 Å². The minimum atomic E-state index is -0.151. The summed E-state index contributed by atoms with van der Waals surface area (Å²) in [7, 11) is 0. The first-order valence-corrected chi connectivity index (χ1v) is 9.21. The number of unbranched alkanes of at least 4 members (excludes halogenated alkanes) is 6. The van der Waals surface area contributed by atoms with Crippen molar-refractivity contribution in [2.24, 2.45) is 0 Å². The normalized spacial score (nSPS) is 19.0. The van der Waals surface area contributed by atoms with Gasteiger partial charge in [-0.1, -0.05) is 70.1 Å². The molecule has 0 spiro atoms. The Bertz CT molecular complexity index is 391. The van der Waals surface area contributed by atoms with E-state index in [-0.39, 0.29) is 6.10 Å². The molecule has 1 aromatic carbocycles. The van der Waals surface area contributed by atoms with Crippen molar-refractivity contribution in [3.05, 3.63) is 29.8 Å². The molecule has 2 rings (SSSR count). The van der Waals surface area contributed by atoms with Gasteiger partial charge in [0.1, 0.15) is 0 Å². The van der Waals surface area contributed by atoms with Crippen LogP contribution in [0, 0.1) is 0 Å². The van der Waals surface area contributed by atoms with Gasteiger partial charge >= 0.3 is 0 Å². The fourth-order valence-electron chi connectivity index (χ4n) is 3.02. The minimum absolute atomic E-state index is 0.151. The van der Waals surface area contributed by atoms with Crippen LogP contribution in [0.5, 0.6) is 0 Å². The van der Waals surface area contributed by atoms with Crippen LogP contribution in [0.4, 0.5) is 0 Å². The number of aliphatic hydroxyl groups excluding tert-OH is 1. The molecule has 112 valence electrons. The molecule has 1 aliphatic rings. The number of thioether (sulfide) groups is 1. The van der Waals surface area contributed by atoms with Crippen LogP contribution in [0.3, 0.4) is 0 Å². The Kier molecular flexibility index (Phi) is 6.95. The highest BCUT2D eigenvalue weighted by Gasteiger charge is 2.28. The fraction of sp³-hybridized carbons (Fsp3) is 0.667. The lowest BCUT2D eigenvalue weighted by atomic mass is 9.92. The molecule has 1 aromatic rings. The average molecular weight is 292 g/mol. The van der Waals surface area contributed by atoms with Gasteiger partial charge in [0.15, 0.2) is 0 Å². The molecule has 0 saturated carbocycles. The van der Waals surface area contributed by atoms with Crippen LogP contribution in [-0.4, -0.2) is 17.0 Å². The van der Waals surface area contributed by atoms with Crippen molar-refractivity contribution in [3.63, 3.8) is 0 Å². The first-order valence-electron chi connectivity index (χ1n) is 8.22. The predicted octanol–water partition coefficient (Wildman–Crippen LogP) is 5.38. The Balaban J connectivity index is 1.65. The van der Waals surface area contributed by atoms with E-state index in [1.165, 1.54) is 55.4 Å². The summed E-state index contributed by atoms with van der Waals surface area (Å²) < 4.78 is 0. The summed E-state index contributed by atoms with van der Waals surface area (Å²) in [6.07, 6.45) is 10.0. The molecule has 0 fully saturated rings. The molecule has 1 heterocycles. The Morgan fingerprint density at radius 2 is 1.80 bits per heavy atom. The van der Waals surface area contributed by atoms with E-state index in [4.69, 9.17) is 0 Å². The summed E-state index contributed by atoms with van der Waals surface area (Å²) in [5.41, 5.74) is 1.37. The molecule has 2 heteroatoms. The van der Waals surface area contributed by atoms with Crippen molar-refractivity contribution in [1.82, 2.24) is 0 Å². The summed E-state index contributed by atoms with van der Waals surface area (Å²) in [6, 6.07) is 8.56. The van der Waals surface area contributed by atoms with Crippen LogP contribution in [0.15, 0.2) is 29.2 Å². The highest BCUT2D eigenvalue weighted by atomic mass is 32.2. The Hall–Kier alpha value is -0.470. The Morgan fingerprint density at radius 1 is 1.10 bits per heavy atom. The van der Waals surface area contributed by atoms with Gasteiger partial charge in [-0.15, -0.1) is 11.8 Å². The highest BCUT2D eigenvalue weighted by molar-refractivity contribution is 7.99. The van der Waals surface area contributed by atoms with Gasteiger partial charge in [0.25, 0.3) is 0 Å². The summed E-state index contributed by atoms with van der Waals surface area (Å²) in [4.78, 5) is 1.37. The third-order valence-electron chi connectivity index (χ3n) is 4.30. The van der Waals surface area contributed by atoms with Crippen LogP contribution in [0.2, 0.25) is 0 Å². The van der Waals surface area contributed by atoms with Crippen LogP contribution in [0.25, 0.3) is 0 Å². The minimum Gasteiger partial charge on any atom is -0.392 e. The van der Waals surface area contributed by atoms with E-state index in [0.29, 0.717) is 5.92 Å². The van der Waals surface area contributed by atoms with Crippen LogP contribution in [0.1, 0.15) is 69.8 Å². The largest absolute Gasteiger partial charge is 0.392 e. The van der Waals surface area contributed by atoms with Crippen LogP contribution in [-0.2, 0) is 0 Å². The highest BCUT2D eigenvalue weighted by Crippen LogP contribution is 2.41. The second-order valence-corrected chi connectivity index (χ2v) is 6.99. The molecule has 1 N–H and O–H groups in total. The maximum Gasteiger partial charge on any atom is 0.0617 e. The monoisotopic (exact) mass is 292 g/mol. The SMILES string of the molecule is CCCCCCCCCC(O)C1CSc2ccccc21. The topological polar surface area (TPSA) is 20.2 Å². The van der Waals surface area contributed by atoms with Crippen molar-refractivity contribution in [1.29, 1.82) is 0 Å². The van der Waals surface area contributed by atoms with E-state index in [0.717, 1.165) is 12.2 Å². The van der Waals surface area contributed by atoms with Gasteiger partial charge in [0, 0.05) is 16.6 Å². The van der Waals surface area contributed by atoms with Gasteiger partial charge in [-0.05, 0) is 18.1 Å². The van der Waals surface area contributed by atoms with E-state index in [1.807, 2.05) is 11.8 Å². The van der Waals surface area contributed by atoms with E-state index >= 15 is 0 Å². The number of rotatable bonds is 9. The van der Waals surface area contributed by atoms with E-state index < -0.39 is 0 Å². The zero-order valence-corrected chi connectivity index (χ0v) is 13.5. The molecular formula is C18H28OS. The van der Waals surface area contributed by atoms with E-state index in [1.54, 1.807) is 0 Å². The molecule has 0 aliphatic carbocycles. The molecule has 0 radical (unpaired) electrons. The van der Waals surface area contributed by atoms with Gasteiger partial charge in [0.2, 0.25) is 0 Å². The summed E-state index contributed by atoms with van der Waals surface area (Å²) in [6.45, 7) is 2.26. The van der Waals surface area contributed by atoms with Crippen molar-refractivity contribution in [2.45, 2.75) is 75.2 Å². The first kappa shape index (κ1) is 15.9. The quantitative estimate of drug-likeness (QED) is 0.617. The molecular weight excluding hydrogens is 264 g/mol. The predicted molar refractivity (Wildman–Crippen MR) is 88.5 cm³/mol. The third kappa shape index (κ3) is 4.53. The summed E-state index contributed by atoms with van der Waals surface area (Å²) in [5, 5.41) is 10.4. The van der Waals surface area contributed by atoms with Gasteiger partial charge in [0.05, 0.1) is 6.10 Å². The number of aliphatic hydroxyl groups is 1. The lowest BCUT2D eigenvalue weighted by Crippen LogP contribution is -2.18. The van der Waals surface area contributed by atoms with Gasteiger partial charge < -0.3 is 5.11 Å². The maximum atomic E-state index is 10.4. The molecule has 1 nitrogen and oxygen atoms in total. The van der Waals surface area contributed by atoms with E-state index in [2.05, 4.69) is 31.2 Å². The molecule has 0 amide bonds. The number of benzene rings is 1. The van der Waals surface area contributed by atoms with Gasteiger partial charge in [-0.25, -0.2) is 0 Å². The number of hydrogen-bond donors (Lipinski definition) is 1. The lowest BCUT2D eigenvalue weighted by Gasteiger charge is -2.18. The van der Waals surface area contributed by atoms with E-state index in [9.17, 15) is 5.11 Å². The van der Waals surface area contributed by atoms with Gasteiger partial charge in [-0.3, -0.25) is 0 Å². The van der Waals surface area contributed by atoms with Crippen molar-refractivity contribution < 1.29 is 5.11 Å². The number of fused-ring (bicyclic) bond motifs is 1. The lowest BCUT2D eigenvalue weighted by molar-refractivity contribution is 0.138. The maximum absolute atomic E-state index is 10.4. The van der Waals surface area contributed by atoms with Gasteiger partial charge in [-0.2, -0.15) is 0 Å². The second kappa shape index (κ2) is 8.74. The smallest absolute Gasteiger partial charge is 0.0617 e. The average Bonchev–Trinajstić information content (AvgIpc) is 2.90. The summed E-state index contributed by atoms with van der Waals surface area (Å²) >= 11 is 1.90. The number of hydrogen-bond acceptors (Lipinski definition) is 2. The Morgan fingerprint density at radius 3 is 2.60 bits per heavy atom. The molecule has 20 heavy (non-hydrogen) atoms. The fourth-order valence-corrected chi connectivity index (χ4v) is 4.34. The molecule has 0 saturated heterocycles. The van der Waals surface area contributed by atoms with Crippen molar-refractivity contribution in [2.75, 3.05) is 5.75 Å². The summed E-state index contributed by atoms with van der Waals surface area (Å²) in [5.74, 6) is 1.41. The first-order chi connectivity index (χ1) is 9.83. The molecule has 0 aromatic heterocycles. The Labute approximate surface area is 128 Å². The molecule has 0 bridgehead atoms. The van der Waals surface area contributed by atoms with Crippen LogP contribution >= 0.6 is 11.8 Å². The van der Waals surface area contributed by atoms with Crippen molar-refractivity contribution >= 4 is 11.8 Å². The zero-order valence-electron chi connectivity index (χ0n) is 12.7. The van der Waals surface area contributed by atoms with Crippen LogP contribution < -0.4 is 0 Å². The second-order valence-electron chi connectivity index (χ2n) is 5.93. The zero-order chi connectivity index (χ0) is 14.2. The molecule has 2 unspecified atom stereocenters. The third-order valence-corrected chi connectivity index (χ3v) is 5.51.